The SMILES string of the molecule is CCNC(=NCC1(CS(C)(=O)=O)CC1)NCCc1ccc(Cl)nc1. The van der Waals surface area contributed by atoms with Crippen molar-refractivity contribution < 1.29 is 8.42 Å². The van der Waals surface area contributed by atoms with Gasteiger partial charge in [-0.3, -0.25) is 4.99 Å². The lowest BCUT2D eigenvalue weighted by Gasteiger charge is -2.14. The van der Waals surface area contributed by atoms with E-state index in [-0.39, 0.29) is 11.2 Å². The summed E-state index contributed by atoms with van der Waals surface area (Å²) in [6, 6.07) is 3.73. The standard InChI is InChI=1S/C16H25ClN4O2S/c1-3-18-15(19-9-6-13-4-5-14(17)20-10-13)21-11-16(7-8-16)12-24(2,22)23/h4-5,10H,3,6-9,11-12H2,1-2H3,(H2,18,19,21). The van der Waals surface area contributed by atoms with Crippen molar-refractivity contribution in [2.75, 3.05) is 31.6 Å². The third kappa shape index (κ3) is 6.65. The van der Waals surface area contributed by atoms with E-state index < -0.39 is 9.84 Å². The topological polar surface area (TPSA) is 83.5 Å². The van der Waals surface area contributed by atoms with Crippen LogP contribution in [0.2, 0.25) is 5.15 Å². The van der Waals surface area contributed by atoms with Crippen LogP contribution in [0.25, 0.3) is 0 Å². The number of sulfone groups is 1. The van der Waals surface area contributed by atoms with Crippen LogP contribution in [0.15, 0.2) is 23.3 Å². The summed E-state index contributed by atoms with van der Waals surface area (Å²) in [6.45, 7) is 4.02. The Morgan fingerprint density at radius 1 is 1.38 bits per heavy atom. The maximum absolute atomic E-state index is 11.5. The molecule has 1 aliphatic carbocycles. The first kappa shape index (κ1) is 19.0. The van der Waals surface area contributed by atoms with Gasteiger partial charge in [0.2, 0.25) is 0 Å². The van der Waals surface area contributed by atoms with Crippen LogP contribution in [0.5, 0.6) is 0 Å². The first-order valence-corrected chi connectivity index (χ1v) is 10.6. The summed E-state index contributed by atoms with van der Waals surface area (Å²) in [6.07, 6.45) is 5.72. The zero-order valence-electron chi connectivity index (χ0n) is 14.2. The molecule has 0 atom stereocenters. The minimum Gasteiger partial charge on any atom is -0.357 e. The van der Waals surface area contributed by atoms with Crippen molar-refractivity contribution in [3.8, 4) is 0 Å². The number of aliphatic imine (C=N–C) groups is 1. The van der Waals surface area contributed by atoms with Crippen molar-refractivity contribution in [3.63, 3.8) is 0 Å². The molecule has 1 saturated carbocycles. The Hall–Kier alpha value is -1.34. The first-order valence-electron chi connectivity index (χ1n) is 8.12. The molecule has 0 amide bonds. The largest absolute Gasteiger partial charge is 0.357 e. The first-order chi connectivity index (χ1) is 11.3. The normalized spacial score (nSPS) is 16.7. The number of pyridine rings is 1. The lowest BCUT2D eigenvalue weighted by molar-refractivity contribution is 0.550. The van der Waals surface area contributed by atoms with E-state index in [1.54, 1.807) is 12.3 Å². The molecule has 0 unspecified atom stereocenters. The second-order valence-corrected chi connectivity index (χ2v) is 8.96. The molecule has 1 aromatic heterocycles. The van der Waals surface area contributed by atoms with Gasteiger partial charge in [0.1, 0.15) is 15.0 Å². The zero-order valence-corrected chi connectivity index (χ0v) is 15.8. The molecule has 2 rings (SSSR count). The van der Waals surface area contributed by atoms with Crippen LogP contribution >= 0.6 is 11.6 Å². The van der Waals surface area contributed by atoms with E-state index in [1.165, 1.54) is 6.26 Å². The number of halogens is 1. The maximum atomic E-state index is 11.5. The quantitative estimate of drug-likeness (QED) is 0.412. The maximum Gasteiger partial charge on any atom is 0.191 e. The van der Waals surface area contributed by atoms with Gasteiger partial charge >= 0.3 is 0 Å². The predicted octanol–water partition coefficient (Wildman–Crippen LogP) is 1.66. The smallest absolute Gasteiger partial charge is 0.191 e. The molecule has 1 fully saturated rings. The van der Waals surface area contributed by atoms with Crippen LogP contribution in [0.4, 0.5) is 0 Å². The summed E-state index contributed by atoms with van der Waals surface area (Å²) in [5.74, 6) is 0.943. The second kappa shape index (κ2) is 8.16. The molecule has 2 N–H and O–H groups in total. The molecular formula is C16H25ClN4O2S. The summed E-state index contributed by atoms with van der Waals surface area (Å²) >= 11 is 5.77. The van der Waals surface area contributed by atoms with Gasteiger partial charge in [-0.2, -0.15) is 0 Å². The highest BCUT2D eigenvalue weighted by atomic mass is 35.5. The highest BCUT2D eigenvalue weighted by Crippen LogP contribution is 2.46. The molecule has 6 nitrogen and oxygen atoms in total. The van der Waals surface area contributed by atoms with Crippen molar-refractivity contribution in [2.45, 2.75) is 26.2 Å². The molecule has 8 heteroatoms. The van der Waals surface area contributed by atoms with Crippen LogP contribution in [0.3, 0.4) is 0 Å². The molecule has 0 aliphatic heterocycles. The van der Waals surface area contributed by atoms with E-state index in [4.69, 9.17) is 11.6 Å². The van der Waals surface area contributed by atoms with Crippen molar-refractivity contribution in [2.24, 2.45) is 10.4 Å². The molecule has 0 saturated heterocycles. The third-order valence-electron chi connectivity index (χ3n) is 3.94. The van der Waals surface area contributed by atoms with Gasteiger partial charge in [0.05, 0.1) is 5.75 Å². The molecule has 1 heterocycles. The van der Waals surface area contributed by atoms with Gasteiger partial charge in [-0.25, -0.2) is 13.4 Å². The number of guanidine groups is 1. The number of aromatic nitrogens is 1. The minimum atomic E-state index is -2.96. The summed E-state index contributed by atoms with van der Waals surface area (Å²) in [4.78, 5) is 8.63. The lowest BCUT2D eigenvalue weighted by atomic mass is 10.1. The van der Waals surface area contributed by atoms with Crippen molar-refractivity contribution >= 4 is 27.4 Å². The highest BCUT2D eigenvalue weighted by Gasteiger charge is 2.45. The molecule has 0 radical (unpaired) electrons. The van der Waals surface area contributed by atoms with E-state index >= 15 is 0 Å². The molecule has 1 aliphatic rings. The van der Waals surface area contributed by atoms with Crippen molar-refractivity contribution in [1.82, 2.24) is 15.6 Å². The highest BCUT2D eigenvalue weighted by molar-refractivity contribution is 7.90. The van der Waals surface area contributed by atoms with E-state index in [2.05, 4.69) is 20.6 Å². The Morgan fingerprint density at radius 2 is 2.12 bits per heavy atom. The van der Waals surface area contributed by atoms with Crippen molar-refractivity contribution in [1.29, 1.82) is 0 Å². The van der Waals surface area contributed by atoms with Gasteiger partial charge in [-0.1, -0.05) is 17.7 Å². The number of nitrogens with zero attached hydrogens (tertiary/aromatic N) is 2. The van der Waals surface area contributed by atoms with Crippen LogP contribution in [-0.4, -0.2) is 51.0 Å². The number of hydrogen-bond acceptors (Lipinski definition) is 4. The van der Waals surface area contributed by atoms with E-state index in [0.29, 0.717) is 18.2 Å². The van der Waals surface area contributed by atoms with Crippen LogP contribution in [-0.2, 0) is 16.3 Å². The van der Waals surface area contributed by atoms with Gasteiger partial charge in [-0.15, -0.1) is 0 Å². The Kier molecular flexibility index (Phi) is 6.46. The molecule has 0 bridgehead atoms. The number of nitrogens with one attached hydrogen (secondary N) is 2. The Bertz CT molecular complexity index is 670. The van der Waals surface area contributed by atoms with Crippen LogP contribution in [0, 0.1) is 5.41 Å². The number of rotatable bonds is 8. The predicted molar refractivity (Wildman–Crippen MR) is 98.3 cm³/mol. The summed E-state index contributed by atoms with van der Waals surface area (Å²) in [5.41, 5.74) is 0.939. The fourth-order valence-corrected chi connectivity index (χ4v) is 4.15. The summed E-state index contributed by atoms with van der Waals surface area (Å²) in [5, 5.41) is 6.96. The fourth-order valence-electron chi connectivity index (χ4n) is 2.55. The molecule has 0 spiro atoms. The van der Waals surface area contributed by atoms with Crippen LogP contribution < -0.4 is 10.6 Å². The third-order valence-corrected chi connectivity index (χ3v) is 5.30. The molecular weight excluding hydrogens is 348 g/mol. The minimum absolute atomic E-state index is 0.157. The molecule has 0 aromatic carbocycles. The summed E-state index contributed by atoms with van der Waals surface area (Å²) in [7, 11) is -2.96. The van der Waals surface area contributed by atoms with E-state index in [9.17, 15) is 8.42 Å². The Balaban J connectivity index is 1.85. The second-order valence-electron chi connectivity index (χ2n) is 6.43. The van der Waals surface area contributed by atoms with E-state index in [0.717, 1.165) is 37.3 Å². The van der Waals surface area contributed by atoms with Gasteiger partial charge in [0.15, 0.2) is 5.96 Å². The average Bonchev–Trinajstić information content (AvgIpc) is 3.24. The zero-order chi connectivity index (χ0) is 17.6. The molecule has 1 aromatic rings. The summed E-state index contributed by atoms with van der Waals surface area (Å²) < 4.78 is 23.0. The van der Waals surface area contributed by atoms with Crippen molar-refractivity contribution in [3.05, 3.63) is 29.0 Å². The fraction of sp³-hybridized carbons (Fsp3) is 0.625. The van der Waals surface area contributed by atoms with Gasteiger partial charge in [0.25, 0.3) is 0 Å². The van der Waals surface area contributed by atoms with Gasteiger partial charge in [0, 0.05) is 37.5 Å². The van der Waals surface area contributed by atoms with Gasteiger partial charge in [-0.05, 0) is 37.8 Å². The van der Waals surface area contributed by atoms with Crippen LogP contribution in [0.1, 0.15) is 25.3 Å². The average molecular weight is 373 g/mol. The Labute approximate surface area is 149 Å². The van der Waals surface area contributed by atoms with Gasteiger partial charge < -0.3 is 10.6 Å². The Morgan fingerprint density at radius 3 is 2.67 bits per heavy atom. The molecule has 134 valence electrons. The molecule has 24 heavy (non-hydrogen) atoms. The number of hydrogen-bond donors (Lipinski definition) is 2. The monoisotopic (exact) mass is 372 g/mol. The van der Waals surface area contributed by atoms with E-state index in [1.807, 2.05) is 13.0 Å². The lowest BCUT2D eigenvalue weighted by Crippen LogP contribution is -2.39.